The molecule has 96 valence electrons. The number of rotatable bonds is 4. The van der Waals surface area contributed by atoms with Crippen LogP contribution in [0.1, 0.15) is 19.7 Å². The molecular weight excluding hydrogens is 228 g/mol. The zero-order chi connectivity index (χ0) is 13.1. The van der Waals surface area contributed by atoms with Crippen LogP contribution in [0.25, 0.3) is 11.3 Å². The van der Waals surface area contributed by atoms with Crippen LogP contribution < -0.4 is 16.3 Å². The predicted octanol–water partition coefficient (Wildman–Crippen LogP) is 1.81. The molecule has 0 aliphatic carbocycles. The second-order valence-electron chi connectivity index (χ2n) is 3.95. The molecule has 0 spiro atoms. The Bertz CT molecular complexity index is 548. The summed E-state index contributed by atoms with van der Waals surface area (Å²) in [7, 11) is 0. The van der Waals surface area contributed by atoms with Crippen LogP contribution in [-0.2, 0) is 6.42 Å². The number of ether oxygens (including phenoxy) is 1. The minimum absolute atomic E-state index is 0.473. The lowest BCUT2D eigenvalue weighted by atomic mass is 10.1. The smallest absolute Gasteiger partial charge is 0.150 e. The number of nitrogens with zero attached hydrogens (tertiary/aromatic N) is 2. The summed E-state index contributed by atoms with van der Waals surface area (Å²) in [6.45, 7) is 4.57. The van der Waals surface area contributed by atoms with Crippen molar-refractivity contribution in [1.82, 2.24) is 9.66 Å². The van der Waals surface area contributed by atoms with Crippen molar-refractivity contribution in [2.45, 2.75) is 20.3 Å². The van der Waals surface area contributed by atoms with Gasteiger partial charge in [0, 0.05) is 12.0 Å². The number of anilines is 1. The Balaban J connectivity index is 2.45. The van der Waals surface area contributed by atoms with Gasteiger partial charge in [-0.1, -0.05) is 19.1 Å². The first-order valence-corrected chi connectivity index (χ1v) is 6.02. The number of nitrogens with two attached hydrogens (primary N) is 2. The first-order valence-electron chi connectivity index (χ1n) is 6.02. The molecule has 0 atom stereocenters. The fourth-order valence-electron chi connectivity index (χ4n) is 1.86. The molecule has 0 unspecified atom stereocenters. The van der Waals surface area contributed by atoms with Gasteiger partial charge in [0.15, 0.2) is 5.82 Å². The van der Waals surface area contributed by atoms with E-state index in [1.165, 1.54) is 4.68 Å². The molecule has 5 nitrogen and oxygen atoms in total. The third kappa shape index (κ3) is 2.11. The van der Waals surface area contributed by atoms with Gasteiger partial charge in [0.25, 0.3) is 0 Å². The minimum atomic E-state index is 0.473. The van der Waals surface area contributed by atoms with Crippen molar-refractivity contribution >= 4 is 5.82 Å². The van der Waals surface area contributed by atoms with E-state index in [4.69, 9.17) is 16.3 Å². The highest BCUT2D eigenvalue weighted by Gasteiger charge is 2.13. The van der Waals surface area contributed by atoms with Crippen LogP contribution in [0.3, 0.4) is 0 Å². The van der Waals surface area contributed by atoms with Gasteiger partial charge in [-0.15, -0.1) is 0 Å². The highest BCUT2D eigenvalue weighted by molar-refractivity contribution is 5.72. The van der Waals surface area contributed by atoms with Gasteiger partial charge in [-0.25, -0.2) is 9.66 Å². The van der Waals surface area contributed by atoms with Crippen LogP contribution in [-0.4, -0.2) is 16.3 Å². The molecule has 0 saturated carbocycles. The van der Waals surface area contributed by atoms with Gasteiger partial charge in [0.05, 0.1) is 6.61 Å². The first kappa shape index (κ1) is 12.3. The van der Waals surface area contributed by atoms with E-state index in [1.54, 1.807) is 0 Å². The summed E-state index contributed by atoms with van der Waals surface area (Å²) in [4.78, 5) is 4.46. The SMILES string of the molecule is CCOc1cccc(-c2nc(CC)n(N)c2N)c1. The van der Waals surface area contributed by atoms with E-state index in [0.717, 1.165) is 23.6 Å². The molecule has 0 radical (unpaired) electrons. The van der Waals surface area contributed by atoms with Gasteiger partial charge >= 0.3 is 0 Å². The van der Waals surface area contributed by atoms with Crippen molar-refractivity contribution < 1.29 is 4.74 Å². The molecule has 18 heavy (non-hydrogen) atoms. The van der Waals surface area contributed by atoms with Gasteiger partial charge in [-0.05, 0) is 19.1 Å². The number of aromatic nitrogens is 2. The van der Waals surface area contributed by atoms with Crippen LogP contribution in [0.4, 0.5) is 5.82 Å². The van der Waals surface area contributed by atoms with Crippen molar-refractivity contribution in [3.8, 4) is 17.0 Å². The number of aryl methyl sites for hydroxylation is 1. The average molecular weight is 246 g/mol. The molecule has 0 saturated heterocycles. The lowest BCUT2D eigenvalue weighted by Crippen LogP contribution is -2.14. The Morgan fingerprint density at radius 1 is 1.33 bits per heavy atom. The van der Waals surface area contributed by atoms with Crippen LogP contribution >= 0.6 is 0 Å². The van der Waals surface area contributed by atoms with Crippen molar-refractivity contribution in [2.24, 2.45) is 0 Å². The highest BCUT2D eigenvalue weighted by Crippen LogP contribution is 2.27. The summed E-state index contributed by atoms with van der Waals surface area (Å²) in [5.41, 5.74) is 7.59. The van der Waals surface area contributed by atoms with Gasteiger partial charge in [-0.3, -0.25) is 0 Å². The minimum Gasteiger partial charge on any atom is -0.494 e. The molecule has 5 heteroatoms. The molecule has 4 N–H and O–H groups in total. The predicted molar refractivity (Wildman–Crippen MR) is 72.8 cm³/mol. The third-order valence-electron chi connectivity index (χ3n) is 2.76. The van der Waals surface area contributed by atoms with Crippen molar-refractivity contribution in [2.75, 3.05) is 18.2 Å². The van der Waals surface area contributed by atoms with Crippen molar-refractivity contribution in [3.05, 3.63) is 30.1 Å². The summed E-state index contributed by atoms with van der Waals surface area (Å²) < 4.78 is 6.90. The average Bonchev–Trinajstić information content (AvgIpc) is 2.67. The highest BCUT2D eigenvalue weighted by atomic mass is 16.5. The summed E-state index contributed by atoms with van der Waals surface area (Å²) in [5.74, 6) is 7.89. The largest absolute Gasteiger partial charge is 0.494 e. The molecule has 0 bridgehead atoms. The molecule has 0 aliphatic rings. The molecule has 0 fully saturated rings. The molecule has 2 aromatic rings. The van der Waals surface area contributed by atoms with Gasteiger partial charge < -0.3 is 16.3 Å². The lowest BCUT2D eigenvalue weighted by Gasteiger charge is -2.05. The number of imidazole rings is 1. The molecule has 2 rings (SSSR count). The van der Waals surface area contributed by atoms with Crippen molar-refractivity contribution in [1.29, 1.82) is 0 Å². The maximum atomic E-state index is 5.97. The number of benzene rings is 1. The molecular formula is C13H18N4O. The molecule has 1 heterocycles. The standard InChI is InChI=1S/C13H18N4O/c1-3-11-16-12(13(14)17(11)15)9-6-5-7-10(8-9)18-4-2/h5-8H,3-4,14-15H2,1-2H3. The summed E-state index contributed by atoms with van der Waals surface area (Å²) in [6.07, 6.45) is 0.742. The van der Waals surface area contributed by atoms with Gasteiger partial charge in [0.2, 0.25) is 0 Å². The Labute approximate surface area is 106 Å². The Morgan fingerprint density at radius 3 is 2.72 bits per heavy atom. The molecule has 0 amide bonds. The number of hydrogen-bond acceptors (Lipinski definition) is 4. The van der Waals surface area contributed by atoms with E-state index >= 15 is 0 Å². The maximum Gasteiger partial charge on any atom is 0.150 e. The van der Waals surface area contributed by atoms with Gasteiger partial charge in [-0.2, -0.15) is 0 Å². The number of hydrogen-bond donors (Lipinski definition) is 2. The fraction of sp³-hybridized carbons (Fsp3) is 0.308. The second-order valence-corrected chi connectivity index (χ2v) is 3.95. The zero-order valence-corrected chi connectivity index (χ0v) is 10.7. The van der Waals surface area contributed by atoms with Crippen LogP contribution in [0, 0.1) is 0 Å². The van der Waals surface area contributed by atoms with Gasteiger partial charge in [0.1, 0.15) is 17.3 Å². The fourth-order valence-corrected chi connectivity index (χ4v) is 1.86. The van der Waals surface area contributed by atoms with E-state index in [-0.39, 0.29) is 0 Å². The molecule has 0 aliphatic heterocycles. The summed E-state index contributed by atoms with van der Waals surface area (Å²) in [6, 6.07) is 7.69. The van der Waals surface area contributed by atoms with Crippen LogP contribution in [0.2, 0.25) is 0 Å². The van der Waals surface area contributed by atoms with E-state index in [2.05, 4.69) is 4.98 Å². The first-order chi connectivity index (χ1) is 8.67. The summed E-state index contributed by atoms with van der Waals surface area (Å²) in [5, 5.41) is 0. The zero-order valence-electron chi connectivity index (χ0n) is 10.7. The van der Waals surface area contributed by atoms with E-state index in [1.807, 2.05) is 38.1 Å². The van der Waals surface area contributed by atoms with E-state index < -0.39 is 0 Å². The van der Waals surface area contributed by atoms with Crippen molar-refractivity contribution in [3.63, 3.8) is 0 Å². The topological polar surface area (TPSA) is 79.1 Å². The quantitative estimate of drug-likeness (QED) is 0.806. The maximum absolute atomic E-state index is 5.97. The Morgan fingerprint density at radius 2 is 2.11 bits per heavy atom. The van der Waals surface area contributed by atoms with E-state index in [9.17, 15) is 0 Å². The normalized spacial score (nSPS) is 10.6. The Hall–Kier alpha value is -2.17. The molecule has 1 aromatic carbocycles. The third-order valence-corrected chi connectivity index (χ3v) is 2.76. The molecule has 1 aromatic heterocycles. The van der Waals surface area contributed by atoms with Crippen LogP contribution in [0.5, 0.6) is 5.75 Å². The summed E-state index contributed by atoms with van der Waals surface area (Å²) >= 11 is 0. The monoisotopic (exact) mass is 246 g/mol. The number of nitrogen functional groups attached to an aromatic ring is 2. The second kappa shape index (κ2) is 5.00. The Kier molecular flexibility index (Phi) is 3.41. The van der Waals surface area contributed by atoms with E-state index in [0.29, 0.717) is 18.1 Å². The lowest BCUT2D eigenvalue weighted by molar-refractivity contribution is 0.340. The van der Waals surface area contributed by atoms with Crippen LogP contribution in [0.15, 0.2) is 24.3 Å².